The van der Waals surface area contributed by atoms with Crippen LogP contribution >= 0.6 is 23.1 Å². The minimum atomic E-state index is -0.536. The molecule has 0 aliphatic rings. The molecule has 3 rings (SSSR count). The zero-order chi connectivity index (χ0) is 18.8. The van der Waals surface area contributed by atoms with Crippen LogP contribution in [0.2, 0.25) is 0 Å². The topological polar surface area (TPSA) is 107 Å². The molecule has 0 saturated carbocycles. The van der Waals surface area contributed by atoms with Gasteiger partial charge in [0.05, 0.1) is 16.1 Å². The van der Waals surface area contributed by atoms with Crippen LogP contribution in [0.3, 0.4) is 0 Å². The minimum absolute atomic E-state index is 0.0256. The van der Waals surface area contributed by atoms with Crippen molar-refractivity contribution in [2.24, 2.45) is 7.05 Å². The van der Waals surface area contributed by atoms with Gasteiger partial charge in [0, 0.05) is 13.1 Å². The first kappa shape index (κ1) is 18.1. The molecular formula is C16H14N4O4S2. The number of nitro benzene ring substituents is 1. The van der Waals surface area contributed by atoms with Gasteiger partial charge in [-0.2, -0.15) is 0 Å². The van der Waals surface area contributed by atoms with Crippen molar-refractivity contribution in [1.29, 1.82) is 0 Å². The summed E-state index contributed by atoms with van der Waals surface area (Å²) in [4.78, 5) is 40.0. The van der Waals surface area contributed by atoms with Gasteiger partial charge in [0.1, 0.15) is 10.5 Å². The molecule has 1 aromatic carbocycles. The van der Waals surface area contributed by atoms with Crippen LogP contribution < -0.4 is 10.9 Å². The number of rotatable bonds is 5. The number of benzene rings is 1. The largest absolute Gasteiger partial charge is 0.320 e. The van der Waals surface area contributed by atoms with Crippen LogP contribution in [0.25, 0.3) is 10.2 Å². The number of nitro groups is 1. The predicted molar refractivity (Wildman–Crippen MR) is 102 cm³/mol. The molecule has 0 spiro atoms. The SMILES string of the molecule is Cc1ccc(NC(=O)CSc2nc3sccc3c(=O)n2C)c([N+](=O)[O-])c1. The number of amides is 1. The highest BCUT2D eigenvalue weighted by atomic mass is 32.2. The first-order valence-corrected chi connectivity index (χ1v) is 9.35. The predicted octanol–water partition coefficient (Wildman–Crippen LogP) is 2.94. The Bertz CT molecular complexity index is 1070. The minimum Gasteiger partial charge on any atom is -0.320 e. The highest BCUT2D eigenvalue weighted by Crippen LogP contribution is 2.26. The van der Waals surface area contributed by atoms with Crippen LogP contribution in [0, 0.1) is 17.0 Å². The molecule has 0 aliphatic carbocycles. The van der Waals surface area contributed by atoms with Crippen LogP contribution in [0.5, 0.6) is 0 Å². The number of anilines is 1. The van der Waals surface area contributed by atoms with Gasteiger partial charge < -0.3 is 5.32 Å². The zero-order valence-electron chi connectivity index (χ0n) is 13.9. The number of hydrogen-bond acceptors (Lipinski definition) is 7. The average molecular weight is 390 g/mol. The number of nitrogens with one attached hydrogen (secondary N) is 1. The number of carbonyl (C=O) groups is 1. The number of fused-ring (bicyclic) bond motifs is 1. The fourth-order valence-corrected chi connectivity index (χ4v) is 3.90. The Morgan fingerprint density at radius 1 is 1.42 bits per heavy atom. The normalized spacial score (nSPS) is 10.8. The average Bonchev–Trinajstić information content (AvgIpc) is 3.07. The summed E-state index contributed by atoms with van der Waals surface area (Å²) >= 11 is 2.46. The van der Waals surface area contributed by atoms with E-state index in [0.29, 0.717) is 15.4 Å². The van der Waals surface area contributed by atoms with Crippen molar-refractivity contribution in [3.63, 3.8) is 0 Å². The van der Waals surface area contributed by atoms with Crippen molar-refractivity contribution in [2.75, 3.05) is 11.1 Å². The molecule has 0 unspecified atom stereocenters. The number of aryl methyl sites for hydroxylation is 1. The van der Waals surface area contributed by atoms with Crippen molar-refractivity contribution in [3.05, 3.63) is 55.7 Å². The number of thiophene rings is 1. The Morgan fingerprint density at radius 3 is 2.92 bits per heavy atom. The van der Waals surface area contributed by atoms with E-state index in [0.717, 1.165) is 17.3 Å². The maximum Gasteiger partial charge on any atom is 0.293 e. The van der Waals surface area contributed by atoms with Crippen molar-refractivity contribution in [1.82, 2.24) is 9.55 Å². The monoisotopic (exact) mass is 390 g/mol. The van der Waals surface area contributed by atoms with Gasteiger partial charge in [-0.25, -0.2) is 4.98 Å². The van der Waals surface area contributed by atoms with E-state index in [1.54, 1.807) is 31.5 Å². The Balaban J connectivity index is 1.75. The van der Waals surface area contributed by atoms with E-state index in [1.165, 1.54) is 28.0 Å². The van der Waals surface area contributed by atoms with Crippen molar-refractivity contribution in [3.8, 4) is 0 Å². The summed E-state index contributed by atoms with van der Waals surface area (Å²) in [6.45, 7) is 1.74. The van der Waals surface area contributed by atoms with E-state index >= 15 is 0 Å². The second-order valence-corrected chi connectivity index (χ2v) is 7.35. The zero-order valence-corrected chi connectivity index (χ0v) is 15.5. The van der Waals surface area contributed by atoms with Crippen LogP contribution in [-0.2, 0) is 11.8 Å². The van der Waals surface area contributed by atoms with Crippen LogP contribution in [0.15, 0.2) is 39.6 Å². The Kier molecular flexibility index (Phi) is 5.05. The van der Waals surface area contributed by atoms with E-state index < -0.39 is 10.8 Å². The maximum absolute atomic E-state index is 12.2. The molecule has 0 fully saturated rings. The van der Waals surface area contributed by atoms with E-state index in [2.05, 4.69) is 10.3 Å². The number of hydrogen-bond donors (Lipinski definition) is 1. The molecule has 0 bridgehead atoms. The van der Waals surface area contributed by atoms with Crippen LogP contribution in [-0.4, -0.2) is 26.1 Å². The number of aromatic nitrogens is 2. The maximum atomic E-state index is 12.2. The summed E-state index contributed by atoms with van der Waals surface area (Å²) in [7, 11) is 1.59. The summed E-state index contributed by atoms with van der Waals surface area (Å²) in [5, 5.41) is 16.4. The molecule has 0 radical (unpaired) electrons. The second kappa shape index (κ2) is 7.26. The summed E-state index contributed by atoms with van der Waals surface area (Å²) in [5.74, 6) is -0.440. The van der Waals surface area contributed by atoms with E-state index in [9.17, 15) is 19.7 Å². The van der Waals surface area contributed by atoms with Gasteiger partial charge in [-0.15, -0.1) is 11.3 Å². The molecule has 2 aromatic heterocycles. The molecule has 134 valence electrons. The second-order valence-electron chi connectivity index (χ2n) is 5.51. The lowest BCUT2D eigenvalue weighted by molar-refractivity contribution is -0.384. The fourth-order valence-electron chi connectivity index (χ4n) is 2.32. The van der Waals surface area contributed by atoms with Crippen LogP contribution in [0.1, 0.15) is 5.56 Å². The molecule has 8 nitrogen and oxygen atoms in total. The van der Waals surface area contributed by atoms with Gasteiger partial charge in [-0.1, -0.05) is 17.8 Å². The van der Waals surface area contributed by atoms with E-state index in [4.69, 9.17) is 0 Å². The molecule has 0 aliphatic heterocycles. The molecule has 26 heavy (non-hydrogen) atoms. The molecule has 10 heteroatoms. The van der Waals surface area contributed by atoms with Gasteiger partial charge in [0.25, 0.3) is 11.2 Å². The third-order valence-corrected chi connectivity index (χ3v) is 5.46. The highest BCUT2D eigenvalue weighted by molar-refractivity contribution is 7.99. The standard InChI is InChI=1S/C16H14N4O4S2/c1-9-3-4-11(12(7-9)20(23)24)17-13(21)8-26-16-18-14-10(5-6-25-14)15(22)19(16)2/h3-7H,8H2,1-2H3,(H,17,21). The Morgan fingerprint density at radius 2 is 2.19 bits per heavy atom. The highest BCUT2D eigenvalue weighted by Gasteiger charge is 2.17. The molecule has 1 amide bonds. The van der Waals surface area contributed by atoms with Gasteiger partial charge in [0.15, 0.2) is 5.16 Å². The molecular weight excluding hydrogens is 376 g/mol. The Labute approximate surface area is 156 Å². The quantitative estimate of drug-likeness (QED) is 0.311. The van der Waals surface area contributed by atoms with Crippen molar-refractivity contribution in [2.45, 2.75) is 12.1 Å². The summed E-state index contributed by atoms with van der Waals surface area (Å²) in [6.07, 6.45) is 0. The lowest BCUT2D eigenvalue weighted by atomic mass is 10.2. The lowest BCUT2D eigenvalue weighted by Crippen LogP contribution is -2.21. The van der Waals surface area contributed by atoms with Crippen molar-refractivity contribution >= 4 is 50.6 Å². The van der Waals surface area contributed by atoms with Gasteiger partial charge in [-0.05, 0) is 30.0 Å². The van der Waals surface area contributed by atoms with E-state index in [-0.39, 0.29) is 22.7 Å². The molecule has 1 N–H and O–H groups in total. The number of thioether (sulfide) groups is 1. The first-order chi connectivity index (χ1) is 12.4. The lowest BCUT2D eigenvalue weighted by Gasteiger charge is -2.08. The van der Waals surface area contributed by atoms with Gasteiger partial charge in [0.2, 0.25) is 5.91 Å². The third-order valence-electron chi connectivity index (χ3n) is 3.62. The van der Waals surface area contributed by atoms with Gasteiger partial charge in [-0.3, -0.25) is 24.3 Å². The summed E-state index contributed by atoms with van der Waals surface area (Å²) < 4.78 is 1.39. The smallest absolute Gasteiger partial charge is 0.293 e. The number of nitrogens with zero attached hydrogens (tertiary/aromatic N) is 3. The number of carbonyl (C=O) groups excluding carboxylic acids is 1. The van der Waals surface area contributed by atoms with Crippen molar-refractivity contribution < 1.29 is 9.72 Å². The molecule has 0 atom stereocenters. The molecule has 2 heterocycles. The van der Waals surface area contributed by atoms with E-state index in [1.807, 2.05) is 0 Å². The molecule has 0 saturated heterocycles. The summed E-state index contributed by atoms with van der Waals surface area (Å²) in [5.41, 5.74) is 0.538. The fraction of sp³-hybridized carbons (Fsp3) is 0.188. The summed E-state index contributed by atoms with van der Waals surface area (Å²) in [6, 6.07) is 6.30. The van der Waals surface area contributed by atoms with Crippen LogP contribution in [0.4, 0.5) is 11.4 Å². The molecule has 3 aromatic rings. The first-order valence-electron chi connectivity index (χ1n) is 7.48. The van der Waals surface area contributed by atoms with Gasteiger partial charge >= 0.3 is 0 Å². The Hall–Kier alpha value is -2.72. The third kappa shape index (κ3) is 3.60.